The summed E-state index contributed by atoms with van der Waals surface area (Å²) in [5.74, 6) is 0.892. The molecule has 0 bridgehead atoms. The van der Waals surface area contributed by atoms with Crippen LogP contribution in [0.1, 0.15) is 24.0 Å². The second-order valence-electron chi connectivity index (χ2n) is 5.29. The monoisotopic (exact) mass is 365 g/mol. The van der Waals surface area contributed by atoms with Gasteiger partial charge < -0.3 is 10.1 Å². The fourth-order valence-corrected chi connectivity index (χ4v) is 2.73. The van der Waals surface area contributed by atoms with Crippen molar-refractivity contribution in [3.05, 3.63) is 63.1 Å². The number of hydrogen-bond donors (Lipinski definition) is 1. The minimum absolute atomic E-state index is 0.541. The molecule has 2 nitrogen and oxygen atoms in total. The molecular formula is C17H17BrClNO. The zero-order valence-corrected chi connectivity index (χ0v) is 14.0. The molecule has 1 aliphatic carbocycles. The van der Waals surface area contributed by atoms with Gasteiger partial charge in [-0.05, 0) is 37.1 Å². The number of hydrogen-bond acceptors (Lipinski definition) is 2. The highest BCUT2D eigenvalue weighted by atomic mass is 79.9. The van der Waals surface area contributed by atoms with E-state index in [4.69, 9.17) is 16.3 Å². The van der Waals surface area contributed by atoms with E-state index in [1.165, 1.54) is 12.8 Å². The summed E-state index contributed by atoms with van der Waals surface area (Å²) < 4.78 is 7.05. The summed E-state index contributed by atoms with van der Waals surface area (Å²) in [7, 11) is 0. The maximum Gasteiger partial charge on any atom is 0.124 e. The van der Waals surface area contributed by atoms with Crippen LogP contribution in [-0.4, -0.2) is 6.04 Å². The summed E-state index contributed by atoms with van der Waals surface area (Å²) >= 11 is 9.64. The number of rotatable bonds is 6. The lowest BCUT2D eigenvalue weighted by molar-refractivity contribution is 0.301. The smallest absolute Gasteiger partial charge is 0.124 e. The van der Waals surface area contributed by atoms with Gasteiger partial charge in [-0.25, -0.2) is 0 Å². The molecular weight excluding hydrogens is 350 g/mol. The minimum Gasteiger partial charge on any atom is -0.489 e. The molecule has 0 aromatic heterocycles. The van der Waals surface area contributed by atoms with Crippen LogP contribution in [0.4, 0.5) is 0 Å². The minimum atomic E-state index is 0.541. The maximum absolute atomic E-state index is 6.10. The molecule has 0 saturated heterocycles. The molecule has 0 heterocycles. The van der Waals surface area contributed by atoms with E-state index in [0.29, 0.717) is 12.6 Å². The van der Waals surface area contributed by atoms with Crippen LogP contribution in [0.2, 0.25) is 5.02 Å². The van der Waals surface area contributed by atoms with Gasteiger partial charge in [0.1, 0.15) is 12.4 Å². The molecule has 110 valence electrons. The molecule has 21 heavy (non-hydrogen) atoms. The summed E-state index contributed by atoms with van der Waals surface area (Å²) in [6.07, 6.45) is 2.54. The van der Waals surface area contributed by atoms with E-state index in [2.05, 4.69) is 27.3 Å². The molecule has 2 aromatic carbocycles. The van der Waals surface area contributed by atoms with Crippen LogP contribution < -0.4 is 10.1 Å². The SMILES string of the molecule is Clc1ccc(OCc2ccccc2Br)c(CNC2CC2)c1. The molecule has 2 aromatic rings. The zero-order valence-electron chi connectivity index (χ0n) is 11.6. The van der Waals surface area contributed by atoms with Crippen molar-refractivity contribution >= 4 is 27.5 Å². The highest BCUT2D eigenvalue weighted by Gasteiger charge is 2.20. The fraction of sp³-hybridized carbons (Fsp3) is 0.294. The first kappa shape index (κ1) is 14.9. The van der Waals surface area contributed by atoms with Crippen molar-refractivity contribution in [3.63, 3.8) is 0 Å². The lowest BCUT2D eigenvalue weighted by Gasteiger charge is -2.13. The van der Waals surface area contributed by atoms with Gasteiger partial charge >= 0.3 is 0 Å². The van der Waals surface area contributed by atoms with Gasteiger partial charge in [-0.1, -0.05) is 45.7 Å². The van der Waals surface area contributed by atoms with Crippen molar-refractivity contribution in [3.8, 4) is 5.75 Å². The molecule has 0 amide bonds. The standard InChI is InChI=1S/C17H17BrClNO/c18-16-4-2-1-3-12(16)11-21-17-8-5-14(19)9-13(17)10-20-15-6-7-15/h1-5,8-9,15,20H,6-7,10-11H2. The van der Waals surface area contributed by atoms with Crippen LogP contribution in [-0.2, 0) is 13.2 Å². The van der Waals surface area contributed by atoms with Gasteiger partial charge in [-0.3, -0.25) is 0 Å². The second kappa shape index (κ2) is 6.82. The first-order chi connectivity index (χ1) is 10.2. The maximum atomic E-state index is 6.10. The normalized spacial score (nSPS) is 14.2. The Morgan fingerprint density at radius 3 is 2.71 bits per heavy atom. The molecule has 1 aliphatic rings. The Balaban J connectivity index is 1.70. The largest absolute Gasteiger partial charge is 0.489 e. The second-order valence-corrected chi connectivity index (χ2v) is 6.58. The van der Waals surface area contributed by atoms with E-state index in [0.717, 1.165) is 32.9 Å². The molecule has 0 radical (unpaired) electrons. The summed E-state index contributed by atoms with van der Waals surface area (Å²) in [6, 6.07) is 14.6. The van der Waals surface area contributed by atoms with Crippen molar-refractivity contribution in [2.75, 3.05) is 0 Å². The molecule has 0 spiro atoms. The van der Waals surface area contributed by atoms with E-state index >= 15 is 0 Å². The van der Waals surface area contributed by atoms with Crippen LogP contribution in [0.5, 0.6) is 5.75 Å². The quantitative estimate of drug-likeness (QED) is 0.782. The van der Waals surface area contributed by atoms with Gasteiger partial charge in [0.05, 0.1) is 0 Å². The van der Waals surface area contributed by atoms with Gasteiger partial charge in [0.2, 0.25) is 0 Å². The fourth-order valence-electron chi connectivity index (χ4n) is 2.14. The third-order valence-corrected chi connectivity index (χ3v) is 4.53. The van der Waals surface area contributed by atoms with Crippen LogP contribution in [0.3, 0.4) is 0 Å². The lowest BCUT2D eigenvalue weighted by Crippen LogP contribution is -2.16. The van der Waals surface area contributed by atoms with E-state index in [9.17, 15) is 0 Å². The van der Waals surface area contributed by atoms with Crippen molar-refractivity contribution in [1.82, 2.24) is 5.32 Å². The number of benzene rings is 2. The van der Waals surface area contributed by atoms with Crippen LogP contribution in [0, 0.1) is 0 Å². The highest BCUT2D eigenvalue weighted by molar-refractivity contribution is 9.10. The van der Waals surface area contributed by atoms with E-state index in [-0.39, 0.29) is 0 Å². The van der Waals surface area contributed by atoms with Crippen molar-refractivity contribution in [2.24, 2.45) is 0 Å². The topological polar surface area (TPSA) is 21.3 Å². The zero-order chi connectivity index (χ0) is 14.7. The highest BCUT2D eigenvalue weighted by Crippen LogP contribution is 2.27. The molecule has 1 fully saturated rings. The first-order valence-electron chi connectivity index (χ1n) is 7.10. The summed E-state index contributed by atoms with van der Waals surface area (Å²) in [6.45, 7) is 1.34. The van der Waals surface area contributed by atoms with Gasteiger partial charge in [0.15, 0.2) is 0 Å². The van der Waals surface area contributed by atoms with Crippen LogP contribution in [0.15, 0.2) is 46.9 Å². The first-order valence-corrected chi connectivity index (χ1v) is 8.27. The third kappa shape index (κ3) is 4.22. The Hall–Kier alpha value is -1.03. The molecule has 0 unspecified atom stereocenters. The Kier molecular flexibility index (Phi) is 4.84. The van der Waals surface area contributed by atoms with E-state index in [1.807, 2.05) is 36.4 Å². The third-order valence-electron chi connectivity index (χ3n) is 3.52. The number of nitrogens with one attached hydrogen (secondary N) is 1. The Labute approximate surface area is 138 Å². The molecule has 3 rings (SSSR count). The van der Waals surface area contributed by atoms with Crippen molar-refractivity contribution < 1.29 is 4.74 Å². The molecule has 1 saturated carbocycles. The molecule has 0 atom stereocenters. The summed E-state index contributed by atoms with van der Waals surface area (Å²) in [5, 5.41) is 4.25. The molecule has 0 aliphatic heterocycles. The molecule has 4 heteroatoms. The van der Waals surface area contributed by atoms with Crippen LogP contribution >= 0.6 is 27.5 Å². The Bertz CT molecular complexity index is 628. The average molecular weight is 367 g/mol. The van der Waals surface area contributed by atoms with Crippen molar-refractivity contribution in [1.29, 1.82) is 0 Å². The van der Waals surface area contributed by atoms with Gasteiger partial charge in [0.25, 0.3) is 0 Å². The van der Waals surface area contributed by atoms with E-state index in [1.54, 1.807) is 0 Å². The van der Waals surface area contributed by atoms with Gasteiger partial charge in [-0.2, -0.15) is 0 Å². The predicted molar refractivity (Wildman–Crippen MR) is 89.8 cm³/mol. The lowest BCUT2D eigenvalue weighted by atomic mass is 10.2. The van der Waals surface area contributed by atoms with Crippen LogP contribution in [0.25, 0.3) is 0 Å². The summed E-state index contributed by atoms with van der Waals surface area (Å²) in [4.78, 5) is 0. The number of halogens is 2. The Morgan fingerprint density at radius 2 is 1.95 bits per heavy atom. The van der Waals surface area contributed by atoms with Gasteiger partial charge in [0, 0.05) is 33.2 Å². The Morgan fingerprint density at radius 1 is 1.14 bits per heavy atom. The van der Waals surface area contributed by atoms with Crippen molar-refractivity contribution in [2.45, 2.75) is 32.0 Å². The predicted octanol–water partition coefficient (Wildman–Crippen LogP) is 4.93. The van der Waals surface area contributed by atoms with E-state index < -0.39 is 0 Å². The average Bonchev–Trinajstić information content (AvgIpc) is 3.30. The molecule has 1 N–H and O–H groups in total. The summed E-state index contributed by atoms with van der Waals surface area (Å²) in [5.41, 5.74) is 2.25. The number of ether oxygens (including phenoxy) is 1. The van der Waals surface area contributed by atoms with Gasteiger partial charge in [-0.15, -0.1) is 0 Å².